The molecule has 140 valence electrons. The van der Waals surface area contributed by atoms with E-state index in [-0.39, 0.29) is 18.0 Å². The molecular formula is C16H20ClF3N2O3. The van der Waals surface area contributed by atoms with Crippen LogP contribution in [-0.4, -0.2) is 37.9 Å². The molecule has 1 aliphatic heterocycles. The highest BCUT2D eigenvalue weighted by atomic mass is 35.5. The van der Waals surface area contributed by atoms with Gasteiger partial charge in [0.25, 0.3) is 0 Å². The van der Waals surface area contributed by atoms with Crippen LogP contribution >= 0.6 is 11.6 Å². The summed E-state index contributed by atoms with van der Waals surface area (Å²) in [6.45, 7) is 8.50. The molecule has 2 atom stereocenters. The van der Waals surface area contributed by atoms with Crippen molar-refractivity contribution in [2.45, 2.75) is 31.8 Å². The number of aliphatic imine (C=N–C) groups is 1. The second-order valence-corrected chi connectivity index (χ2v) is 6.07. The first-order valence-electron chi connectivity index (χ1n) is 7.24. The van der Waals surface area contributed by atoms with Crippen LogP contribution in [0.4, 0.5) is 13.2 Å². The normalized spacial score (nSPS) is 22.9. The molecule has 1 N–H and O–H groups in total. The van der Waals surface area contributed by atoms with Crippen molar-refractivity contribution in [3.8, 4) is 0 Å². The average Bonchev–Trinajstić information content (AvgIpc) is 2.80. The Morgan fingerprint density at radius 1 is 1.52 bits per heavy atom. The van der Waals surface area contributed by atoms with E-state index in [4.69, 9.17) is 21.1 Å². The molecule has 1 amide bonds. The van der Waals surface area contributed by atoms with Gasteiger partial charge in [-0.15, -0.1) is 18.2 Å². The van der Waals surface area contributed by atoms with Crippen molar-refractivity contribution in [1.82, 2.24) is 5.32 Å². The fourth-order valence-electron chi connectivity index (χ4n) is 2.49. The third kappa shape index (κ3) is 4.56. The van der Waals surface area contributed by atoms with Crippen molar-refractivity contribution >= 4 is 24.2 Å². The van der Waals surface area contributed by atoms with E-state index in [0.717, 1.165) is 0 Å². The van der Waals surface area contributed by atoms with E-state index in [1.807, 2.05) is 0 Å². The highest BCUT2D eigenvalue weighted by Gasteiger charge is 2.50. The molecule has 0 bridgehead atoms. The van der Waals surface area contributed by atoms with Gasteiger partial charge in [0.05, 0.1) is 18.2 Å². The highest BCUT2D eigenvalue weighted by Crippen LogP contribution is 2.46. The molecule has 2 unspecified atom stereocenters. The number of hydrogen-bond acceptors (Lipinski definition) is 4. The molecule has 0 aliphatic carbocycles. The lowest BCUT2D eigenvalue weighted by Gasteiger charge is -2.28. The van der Waals surface area contributed by atoms with Crippen LogP contribution < -0.4 is 5.32 Å². The number of hydrogen-bond donors (Lipinski definition) is 1. The van der Waals surface area contributed by atoms with Gasteiger partial charge < -0.3 is 9.47 Å². The van der Waals surface area contributed by atoms with E-state index in [1.165, 1.54) is 20.1 Å². The van der Waals surface area contributed by atoms with Crippen molar-refractivity contribution in [1.29, 1.82) is 0 Å². The van der Waals surface area contributed by atoms with Gasteiger partial charge in [0, 0.05) is 0 Å². The lowest BCUT2D eigenvalue weighted by molar-refractivity contribution is -0.166. The Morgan fingerprint density at radius 3 is 2.56 bits per heavy atom. The first kappa shape index (κ1) is 21.1. The number of carbonyl (C=O) groups is 1. The summed E-state index contributed by atoms with van der Waals surface area (Å²) in [5.74, 6) is -0.597. The van der Waals surface area contributed by atoms with Crippen molar-refractivity contribution < 1.29 is 27.4 Å². The predicted octanol–water partition coefficient (Wildman–Crippen LogP) is 3.68. The molecule has 0 fully saturated rings. The maximum Gasteiger partial charge on any atom is 0.422 e. The molecule has 0 spiro atoms. The van der Waals surface area contributed by atoms with Gasteiger partial charge in [0.15, 0.2) is 6.61 Å². The van der Waals surface area contributed by atoms with Crippen LogP contribution in [0.1, 0.15) is 20.3 Å². The Labute approximate surface area is 149 Å². The summed E-state index contributed by atoms with van der Waals surface area (Å²) in [7, 11) is 1.41. The molecule has 0 radical (unpaired) electrons. The van der Waals surface area contributed by atoms with Crippen molar-refractivity contribution in [2.24, 2.45) is 10.4 Å². The molecule has 0 saturated carbocycles. The molecule has 5 nitrogen and oxygen atoms in total. The second-order valence-electron chi connectivity index (χ2n) is 5.51. The fourth-order valence-corrected chi connectivity index (χ4v) is 2.65. The first-order valence-corrected chi connectivity index (χ1v) is 7.68. The van der Waals surface area contributed by atoms with E-state index >= 15 is 0 Å². The third-order valence-corrected chi connectivity index (χ3v) is 4.23. The van der Waals surface area contributed by atoms with Gasteiger partial charge in [-0.05, 0) is 32.6 Å². The summed E-state index contributed by atoms with van der Waals surface area (Å²) >= 11 is 6.12. The monoisotopic (exact) mass is 380 g/mol. The van der Waals surface area contributed by atoms with Gasteiger partial charge in [0.1, 0.15) is 11.1 Å². The molecule has 1 heterocycles. The summed E-state index contributed by atoms with van der Waals surface area (Å²) in [5.41, 5.74) is -1.04. The van der Waals surface area contributed by atoms with Crippen LogP contribution in [-0.2, 0) is 14.3 Å². The number of rotatable bonds is 8. The molecule has 1 rings (SSSR count). The van der Waals surface area contributed by atoms with Gasteiger partial charge in [-0.2, -0.15) is 13.2 Å². The SMILES string of the molecule is C=CC(Cl)C/C(=C(\C)OC)C1(C)C(=O)NC(OCC(F)(F)F)=C1N=C. The smallest absolute Gasteiger partial charge is 0.422 e. The minimum atomic E-state index is -4.56. The maximum atomic E-state index is 12.6. The van der Waals surface area contributed by atoms with E-state index in [9.17, 15) is 18.0 Å². The summed E-state index contributed by atoms with van der Waals surface area (Å²) in [4.78, 5) is 16.3. The largest absolute Gasteiger partial charge is 0.501 e. The summed E-state index contributed by atoms with van der Waals surface area (Å²) < 4.78 is 47.2. The summed E-state index contributed by atoms with van der Waals surface area (Å²) in [5, 5.41) is 1.78. The molecule has 0 saturated heterocycles. The highest BCUT2D eigenvalue weighted by molar-refractivity contribution is 6.22. The van der Waals surface area contributed by atoms with Crippen molar-refractivity contribution in [3.63, 3.8) is 0 Å². The topological polar surface area (TPSA) is 59.9 Å². The Balaban J connectivity index is 3.40. The fraction of sp³-hybridized carbons (Fsp3) is 0.500. The Morgan fingerprint density at radius 2 is 2.12 bits per heavy atom. The lowest BCUT2D eigenvalue weighted by Crippen LogP contribution is -2.35. The zero-order valence-electron chi connectivity index (χ0n) is 14.2. The summed E-state index contributed by atoms with van der Waals surface area (Å²) in [6, 6.07) is 0. The molecule has 9 heteroatoms. The number of carbonyl (C=O) groups excluding carboxylic acids is 1. The number of halogens is 4. The molecule has 1 aliphatic rings. The third-order valence-electron chi connectivity index (χ3n) is 3.90. The van der Waals surface area contributed by atoms with Gasteiger partial charge >= 0.3 is 6.18 Å². The number of amides is 1. The van der Waals surface area contributed by atoms with E-state index in [0.29, 0.717) is 11.3 Å². The molecular weight excluding hydrogens is 361 g/mol. The number of ether oxygens (including phenoxy) is 2. The number of alkyl halides is 4. The second kappa shape index (κ2) is 7.95. The lowest BCUT2D eigenvalue weighted by atomic mass is 9.77. The number of nitrogens with one attached hydrogen (secondary N) is 1. The van der Waals surface area contributed by atoms with Gasteiger partial charge in [0.2, 0.25) is 11.8 Å². The van der Waals surface area contributed by atoms with Crippen LogP contribution in [0.5, 0.6) is 0 Å². The van der Waals surface area contributed by atoms with Crippen molar-refractivity contribution in [3.05, 3.63) is 35.6 Å². The Hall–Kier alpha value is -1.96. The van der Waals surface area contributed by atoms with Crippen LogP contribution in [0.2, 0.25) is 0 Å². The van der Waals surface area contributed by atoms with Gasteiger partial charge in [-0.1, -0.05) is 6.08 Å². The molecule has 25 heavy (non-hydrogen) atoms. The van der Waals surface area contributed by atoms with Crippen LogP contribution in [0.15, 0.2) is 40.6 Å². The van der Waals surface area contributed by atoms with E-state index in [1.54, 1.807) is 6.92 Å². The Kier molecular flexibility index (Phi) is 6.70. The molecule has 0 aromatic rings. The average molecular weight is 381 g/mol. The minimum Gasteiger partial charge on any atom is -0.501 e. The Bertz CT molecular complexity index is 629. The van der Waals surface area contributed by atoms with Crippen LogP contribution in [0, 0.1) is 5.41 Å². The molecule has 0 aromatic carbocycles. The summed E-state index contributed by atoms with van der Waals surface area (Å²) in [6.07, 6.45) is -2.90. The quantitative estimate of drug-likeness (QED) is 0.302. The minimum absolute atomic E-state index is 0.0546. The molecule has 0 aromatic heterocycles. The van der Waals surface area contributed by atoms with E-state index < -0.39 is 29.5 Å². The zero-order chi connectivity index (χ0) is 19.4. The van der Waals surface area contributed by atoms with Gasteiger partial charge in [-0.25, -0.2) is 0 Å². The standard InChI is InChI=1S/C16H20ClF3N2O3/c1-6-10(17)7-11(9(2)24-5)15(3)12(21-4)13(22-14(15)23)25-8-16(18,19)20/h6,10H,1,4,7-8H2,2-3,5H3,(H,22,23)/b11-9-. The van der Waals surface area contributed by atoms with Crippen LogP contribution in [0.3, 0.4) is 0 Å². The predicted molar refractivity (Wildman–Crippen MR) is 89.0 cm³/mol. The number of allylic oxidation sites excluding steroid dienone is 2. The number of methoxy groups -OCH3 is 1. The van der Waals surface area contributed by atoms with Crippen LogP contribution in [0.25, 0.3) is 0 Å². The maximum absolute atomic E-state index is 12.6. The zero-order valence-corrected chi connectivity index (χ0v) is 14.9. The number of nitrogens with zero attached hydrogens (tertiary/aromatic N) is 1. The first-order chi connectivity index (χ1) is 11.5. The van der Waals surface area contributed by atoms with E-state index in [2.05, 4.69) is 23.6 Å². The van der Waals surface area contributed by atoms with Crippen molar-refractivity contribution in [2.75, 3.05) is 13.7 Å². The van der Waals surface area contributed by atoms with Gasteiger partial charge in [-0.3, -0.25) is 15.1 Å².